The molecule has 1 aromatic carbocycles. The Hall–Kier alpha value is -0.860. The molecule has 1 rings (SSSR count). The van der Waals surface area contributed by atoms with E-state index in [4.69, 9.17) is 4.74 Å². The van der Waals surface area contributed by atoms with Crippen molar-refractivity contribution in [3.05, 3.63) is 35.4 Å². The number of nitrogens with one attached hydrogen (secondary N) is 1. The molecule has 19 heavy (non-hydrogen) atoms. The SMILES string of the molecule is CCCC(C)COC(CNCC)c1ccccc1C. The summed E-state index contributed by atoms with van der Waals surface area (Å²) in [6.45, 7) is 11.5. The molecule has 0 fully saturated rings. The third-order valence-electron chi connectivity index (χ3n) is 3.48. The van der Waals surface area contributed by atoms with E-state index in [0.717, 1.165) is 19.7 Å². The van der Waals surface area contributed by atoms with Gasteiger partial charge in [-0.3, -0.25) is 0 Å². The van der Waals surface area contributed by atoms with Gasteiger partial charge in [0, 0.05) is 6.54 Å². The number of benzene rings is 1. The quantitative estimate of drug-likeness (QED) is 0.724. The maximum atomic E-state index is 6.16. The molecule has 0 aliphatic heterocycles. The number of rotatable bonds is 9. The molecule has 1 aromatic rings. The fraction of sp³-hybridized carbons (Fsp3) is 0.647. The van der Waals surface area contributed by atoms with Gasteiger partial charge in [-0.25, -0.2) is 0 Å². The van der Waals surface area contributed by atoms with Crippen molar-refractivity contribution in [3.8, 4) is 0 Å². The first-order valence-electron chi connectivity index (χ1n) is 7.56. The van der Waals surface area contributed by atoms with E-state index in [1.165, 1.54) is 24.0 Å². The first kappa shape index (κ1) is 16.2. The van der Waals surface area contributed by atoms with Crippen molar-refractivity contribution >= 4 is 0 Å². The lowest BCUT2D eigenvalue weighted by atomic mass is 10.0. The summed E-state index contributed by atoms with van der Waals surface area (Å²) < 4.78 is 6.16. The molecule has 0 saturated heterocycles. The number of ether oxygens (including phenoxy) is 1. The van der Waals surface area contributed by atoms with Crippen LogP contribution >= 0.6 is 0 Å². The zero-order chi connectivity index (χ0) is 14.1. The van der Waals surface area contributed by atoms with Crippen LogP contribution in [0.2, 0.25) is 0 Å². The Balaban J connectivity index is 2.64. The van der Waals surface area contributed by atoms with Crippen molar-refractivity contribution < 1.29 is 4.74 Å². The van der Waals surface area contributed by atoms with E-state index in [1.54, 1.807) is 0 Å². The predicted octanol–water partition coefficient (Wildman–Crippen LogP) is 4.10. The molecule has 0 saturated carbocycles. The number of hydrogen-bond donors (Lipinski definition) is 1. The first-order valence-corrected chi connectivity index (χ1v) is 7.56. The average Bonchev–Trinajstić information content (AvgIpc) is 2.40. The van der Waals surface area contributed by atoms with Crippen molar-refractivity contribution in [3.63, 3.8) is 0 Å². The molecular weight excluding hydrogens is 234 g/mol. The minimum absolute atomic E-state index is 0.167. The Morgan fingerprint density at radius 2 is 1.95 bits per heavy atom. The monoisotopic (exact) mass is 263 g/mol. The van der Waals surface area contributed by atoms with Gasteiger partial charge in [0.05, 0.1) is 12.7 Å². The average molecular weight is 263 g/mol. The number of aryl methyl sites for hydroxylation is 1. The van der Waals surface area contributed by atoms with Crippen LogP contribution in [-0.2, 0) is 4.74 Å². The van der Waals surface area contributed by atoms with Crippen LogP contribution in [0, 0.1) is 12.8 Å². The second kappa shape index (κ2) is 9.11. The first-order chi connectivity index (χ1) is 9.19. The van der Waals surface area contributed by atoms with Crippen molar-refractivity contribution in [2.75, 3.05) is 19.7 Å². The lowest BCUT2D eigenvalue weighted by molar-refractivity contribution is 0.0299. The van der Waals surface area contributed by atoms with Crippen LogP contribution in [0.15, 0.2) is 24.3 Å². The molecule has 0 aliphatic carbocycles. The van der Waals surface area contributed by atoms with Gasteiger partial charge in [-0.1, -0.05) is 51.5 Å². The Morgan fingerprint density at radius 3 is 2.58 bits per heavy atom. The Morgan fingerprint density at radius 1 is 1.21 bits per heavy atom. The maximum absolute atomic E-state index is 6.16. The molecule has 0 aromatic heterocycles. The highest BCUT2D eigenvalue weighted by molar-refractivity contribution is 5.28. The van der Waals surface area contributed by atoms with Gasteiger partial charge in [0.1, 0.15) is 0 Å². The van der Waals surface area contributed by atoms with E-state index >= 15 is 0 Å². The molecule has 2 nitrogen and oxygen atoms in total. The highest BCUT2D eigenvalue weighted by atomic mass is 16.5. The predicted molar refractivity (Wildman–Crippen MR) is 82.5 cm³/mol. The van der Waals surface area contributed by atoms with Crippen LogP contribution in [0.3, 0.4) is 0 Å². The van der Waals surface area contributed by atoms with Crippen LogP contribution < -0.4 is 5.32 Å². The van der Waals surface area contributed by atoms with Crippen LogP contribution in [0.4, 0.5) is 0 Å². The third kappa shape index (κ3) is 5.75. The van der Waals surface area contributed by atoms with Crippen LogP contribution in [-0.4, -0.2) is 19.7 Å². The fourth-order valence-corrected chi connectivity index (χ4v) is 2.34. The summed E-state index contributed by atoms with van der Waals surface area (Å²) in [5.41, 5.74) is 2.63. The lowest BCUT2D eigenvalue weighted by Crippen LogP contribution is -2.25. The largest absolute Gasteiger partial charge is 0.372 e. The van der Waals surface area contributed by atoms with Gasteiger partial charge in [-0.05, 0) is 36.9 Å². The molecule has 0 bridgehead atoms. The molecule has 108 valence electrons. The summed E-state index contributed by atoms with van der Waals surface area (Å²) >= 11 is 0. The zero-order valence-electron chi connectivity index (χ0n) is 12.9. The summed E-state index contributed by atoms with van der Waals surface area (Å²) in [5, 5.41) is 3.40. The van der Waals surface area contributed by atoms with Gasteiger partial charge in [0.2, 0.25) is 0 Å². The van der Waals surface area contributed by atoms with Gasteiger partial charge in [-0.2, -0.15) is 0 Å². The summed E-state index contributed by atoms with van der Waals surface area (Å²) in [7, 11) is 0. The van der Waals surface area contributed by atoms with Crippen LogP contribution in [0.25, 0.3) is 0 Å². The van der Waals surface area contributed by atoms with E-state index in [9.17, 15) is 0 Å². The van der Waals surface area contributed by atoms with Crippen molar-refractivity contribution in [1.82, 2.24) is 5.32 Å². The standard InChI is InChI=1S/C17H29NO/c1-5-9-14(3)13-19-17(12-18-6-2)16-11-8-7-10-15(16)4/h7-8,10-11,14,17-18H,5-6,9,12-13H2,1-4H3. The van der Waals surface area contributed by atoms with E-state index < -0.39 is 0 Å². The minimum Gasteiger partial charge on any atom is -0.372 e. The van der Waals surface area contributed by atoms with Gasteiger partial charge in [0.15, 0.2) is 0 Å². The summed E-state index contributed by atoms with van der Waals surface area (Å²) in [5.74, 6) is 0.637. The van der Waals surface area contributed by atoms with Crippen molar-refractivity contribution in [2.24, 2.45) is 5.92 Å². The normalized spacial score (nSPS) is 14.3. The van der Waals surface area contributed by atoms with Gasteiger partial charge in [-0.15, -0.1) is 0 Å². The van der Waals surface area contributed by atoms with Crippen LogP contribution in [0.1, 0.15) is 50.8 Å². The van der Waals surface area contributed by atoms with E-state index in [1.807, 2.05) is 0 Å². The van der Waals surface area contributed by atoms with Crippen molar-refractivity contribution in [2.45, 2.75) is 46.6 Å². The molecule has 2 unspecified atom stereocenters. The molecule has 1 N–H and O–H groups in total. The zero-order valence-corrected chi connectivity index (χ0v) is 12.9. The van der Waals surface area contributed by atoms with Gasteiger partial charge < -0.3 is 10.1 Å². The molecule has 0 heterocycles. The Bertz CT molecular complexity index is 351. The minimum atomic E-state index is 0.167. The summed E-state index contributed by atoms with van der Waals surface area (Å²) in [4.78, 5) is 0. The third-order valence-corrected chi connectivity index (χ3v) is 3.48. The molecule has 0 radical (unpaired) electrons. The number of hydrogen-bond acceptors (Lipinski definition) is 2. The highest BCUT2D eigenvalue weighted by Gasteiger charge is 2.14. The maximum Gasteiger partial charge on any atom is 0.0951 e. The Labute approximate surface area is 118 Å². The summed E-state index contributed by atoms with van der Waals surface area (Å²) in [6, 6.07) is 8.53. The molecular formula is C17H29NO. The lowest BCUT2D eigenvalue weighted by Gasteiger charge is -2.22. The Kier molecular flexibility index (Phi) is 7.76. The van der Waals surface area contributed by atoms with E-state index in [2.05, 4.69) is 57.3 Å². The molecule has 2 atom stereocenters. The molecule has 0 amide bonds. The van der Waals surface area contributed by atoms with Gasteiger partial charge >= 0.3 is 0 Å². The second-order valence-corrected chi connectivity index (χ2v) is 5.38. The highest BCUT2D eigenvalue weighted by Crippen LogP contribution is 2.22. The van der Waals surface area contributed by atoms with Crippen LogP contribution in [0.5, 0.6) is 0 Å². The summed E-state index contributed by atoms with van der Waals surface area (Å²) in [6.07, 6.45) is 2.63. The smallest absolute Gasteiger partial charge is 0.0951 e. The fourth-order valence-electron chi connectivity index (χ4n) is 2.34. The van der Waals surface area contributed by atoms with Gasteiger partial charge in [0.25, 0.3) is 0 Å². The topological polar surface area (TPSA) is 21.3 Å². The number of likely N-dealkylation sites (N-methyl/N-ethyl adjacent to an activating group) is 1. The second-order valence-electron chi connectivity index (χ2n) is 5.38. The molecule has 0 spiro atoms. The van der Waals surface area contributed by atoms with E-state index in [-0.39, 0.29) is 6.10 Å². The molecule has 2 heteroatoms. The van der Waals surface area contributed by atoms with E-state index in [0.29, 0.717) is 5.92 Å². The molecule has 0 aliphatic rings. The van der Waals surface area contributed by atoms with Crippen molar-refractivity contribution in [1.29, 1.82) is 0 Å².